The van der Waals surface area contributed by atoms with E-state index in [1.165, 1.54) is 24.9 Å². The van der Waals surface area contributed by atoms with Crippen LogP contribution in [0.25, 0.3) is 0 Å². The van der Waals surface area contributed by atoms with E-state index in [2.05, 4.69) is 41.0 Å². The van der Waals surface area contributed by atoms with Gasteiger partial charge >= 0.3 is 6.09 Å². The van der Waals surface area contributed by atoms with Gasteiger partial charge in [0.15, 0.2) is 0 Å². The van der Waals surface area contributed by atoms with Gasteiger partial charge in [0, 0.05) is 51.5 Å². The Kier molecular flexibility index (Phi) is 4.59. The molecule has 0 radical (unpaired) electrons. The molecule has 2 heterocycles. The van der Waals surface area contributed by atoms with Crippen molar-refractivity contribution >= 4 is 11.8 Å². The molecular formula is C20H29N3O2. The van der Waals surface area contributed by atoms with E-state index >= 15 is 0 Å². The van der Waals surface area contributed by atoms with E-state index in [9.17, 15) is 4.79 Å². The molecule has 25 heavy (non-hydrogen) atoms. The van der Waals surface area contributed by atoms with Crippen molar-refractivity contribution < 1.29 is 9.53 Å². The fourth-order valence-corrected chi connectivity index (χ4v) is 4.79. The number of aryl methyl sites for hydroxylation is 1. The molecule has 0 bridgehead atoms. The van der Waals surface area contributed by atoms with E-state index in [0.717, 1.165) is 51.6 Å². The number of nitrogens with zero attached hydrogens (tertiary/aromatic N) is 3. The lowest BCUT2D eigenvalue weighted by atomic mass is 10.1. The van der Waals surface area contributed by atoms with Gasteiger partial charge in [-0.05, 0) is 35.8 Å². The number of hydrogen-bond donors (Lipinski definition) is 0. The van der Waals surface area contributed by atoms with Crippen molar-refractivity contribution in [3.63, 3.8) is 0 Å². The van der Waals surface area contributed by atoms with Crippen LogP contribution < -0.4 is 4.90 Å². The number of methoxy groups -OCH3 is 1. The molecule has 0 spiro atoms. The van der Waals surface area contributed by atoms with E-state index < -0.39 is 0 Å². The summed E-state index contributed by atoms with van der Waals surface area (Å²) in [5.41, 5.74) is 2.87. The Hall–Kier alpha value is -1.75. The predicted octanol–water partition coefficient (Wildman–Crippen LogP) is 2.32. The third kappa shape index (κ3) is 3.22. The Morgan fingerprint density at radius 3 is 2.44 bits per heavy atom. The lowest BCUT2D eigenvalue weighted by Gasteiger charge is -2.37. The second kappa shape index (κ2) is 6.87. The zero-order chi connectivity index (χ0) is 17.4. The molecule has 3 fully saturated rings. The number of piperidine rings is 1. The van der Waals surface area contributed by atoms with E-state index in [-0.39, 0.29) is 6.09 Å². The molecule has 5 nitrogen and oxygen atoms in total. The number of amides is 1. The van der Waals surface area contributed by atoms with Gasteiger partial charge < -0.3 is 14.5 Å². The molecule has 5 heteroatoms. The minimum absolute atomic E-state index is 0.158. The monoisotopic (exact) mass is 343 g/mol. The van der Waals surface area contributed by atoms with Crippen LogP contribution in [-0.2, 0) is 11.2 Å². The number of benzene rings is 1. The molecule has 1 aromatic carbocycles. The summed E-state index contributed by atoms with van der Waals surface area (Å²) in [7, 11) is 1.47. The molecule has 3 atom stereocenters. The van der Waals surface area contributed by atoms with Gasteiger partial charge in [0.25, 0.3) is 0 Å². The van der Waals surface area contributed by atoms with E-state index in [1.54, 1.807) is 0 Å². The van der Waals surface area contributed by atoms with E-state index in [0.29, 0.717) is 11.8 Å². The maximum atomic E-state index is 11.6. The molecule has 1 unspecified atom stereocenters. The molecule has 2 aliphatic heterocycles. The molecule has 2 saturated heterocycles. The van der Waals surface area contributed by atoms with Crippen LogP contribution in [0.15, 0.2) is 24.3 Å². The van der Waals surface area contributed by atoms with E-state index in [4.69, 9.17) is 4.74 Å². The highest BCUT2D eigenvalue weighted by Crippen LogP contribution is 2.52. The predicted molar refractivity (Wildman–Crippen MR) is 98.9 cm³/mol. The van der Waals surface area contributed by atoms with Crippen molar-refractivity contribution in [2.24, 2.45) is 17.8 Å². The molecule has 0 aromatic heterocycles. The number of hydrogen-bond acceptors (Lipinski definition) is 4. The topological polar surface area (TPSA) is 36.0 Å². The molecule has 1 aromatic rings. The summed E-state index contributed by atoms with van der Waals surface area (Å²) >= 11 is 0. The highest BCUT2D eigenvalue weighted by molar-refractivity contribution is 5.68. The van der Waals surface area contributed by atoms with Crippen LogP contribution in [0, 0.1) is 17.8 Å². The SMILES string of the molecule is CCc1ccccc1N1CCN(CC2[C@H]3CN(C(=O)OC)C[C@@H]23)CC1. The van der Waals surface area contributed by atoms with Gasteiger partial charge in [-0.3, -0.25) is 4.90 Å². The lowest BCUT2D eigenvalue weighted by Crippen LogP contribution is -2.47. The number of ether oxygens (including phenoxy) is 1. The maximum Gasteiger partial charge on any atom is 0.409 e. The average molecular weight is 343 g/mol. The zero-order valence-electron chi connectivity index (χ0n) is 15.4. The minimum Gasteiger partial charge on any atom is -0.453 e. The number of piperazine rings is 1. The normalized spacial score (nSPS) is 28.8. The Bertz CT molecular complexity index is 615. The number of likely N-dealkylation sites (tertiary alicyclic amines) is 1. The molecule has 3 aliphatic rings. The molecule has 1 aliphatic carbocycles. The molecule has 136 valence electrons. The van der Waals surface area contributed by atoms with Crippen LogP contribution in [0.5, 0.6) is 0 Å². The van der Waals surface area contributed by atoms with Crippen molar-refractivity contribution in [2.45, 2.75) is 13.3 Å². The number of fused-ring (bicyclic) bond motifs is 1. The first-order chi connectivity index (χ1) is 12.2. The van der Waals surface area contributed by atoms with Gasteiger partial charge in [-0.1, -0.05) is 25.1 Å². The van der Waals surface area contributed by atoms with Gasteiger partial charge in [0.05, 0.1) is 7.11 Å². The van der Waals surface area contributed by atoms with Crippen LogP contribution in [-0.4, -0.2) is 68.8 Å². The zero-order valence-corrected chi connectivity index (χ0v) is 15.4. The Balaban J connectivity index is 1.25. The third-order valence-corrected chi connectivity index (χ3v) is 6.36. The van der Waals surface area contributed by atoms with Crippen LogP contribution in [0.3, 0.4) is 0 Å². The van der Waals surface area contributed by atoms with Crippen LogP contribution in [0.1, 0.15) is 12.5 Å². The first-order valence-electron chi connectivity index (χ1n) is 9.59. The first kappa shape index (κ1) is 16.7. The van der Waals surface area contributed by atoms with Gasteiger partial charge in [0.1, 0.15) is 0 Å². The molecular weight excluding hydrogens is 314 g/mol. The summed E-state index contributed by atoms with van der Waals surface area (Å²) in [4.78, 5) is 18.6. The van der Waals surface area contributed by atoms with Gasteiger partial charge in [-0.2, -0.15) is 0 Å². The van der Waals surface area contributed by atoms with Crippen molar-refractivity contribution in [2.75, 3.05) is 57.8 Å². The number of carbonyl (C=O) groups is 1. The van der Waals surface area contributed by atoms with Crippen molar-refractivity contribution in [3.8, 4) is 0 Å². The number of anilines is 1. The fourth-order valence-electron chi connectivity index (χ4n) is 4.79. The Labute approximate surface area is 150 Å². The summed E-state index contributed by atoms with van der Waals surface area (Å²) < 4.78 is 4.83. The molecule has 1 amide bonds. The average Bonchev–Trinajstić information content (AvgIpc) is 3.10. The summed E-state index contributed by atoms with van der Waals surface area (Å²) in [5.74, 6) is 2.20. The standard InChI is InChI=1S/C20H29N3O2/c1-3-15-6-4-5-7-19(15)22-10-8-21(9-11-22)12-16-17-13-23(14-18(16)17)20(24)25-2/h4-7,16-18H,3,8-14H2,1-2H3/t16?,17-,18+. The Morgan fingerprint density at radius 1 is 1.12 bits per heavy atom. The quantitative estimate of drug-likeness (QED) is 0.841. The van der Waals surface area contributed by atoms with Crippen molar-refractivity contribution in [1.29, 1.82) is 0 Å². The summed E-state index contributed by atoms with van der Waals surface area (Å²) in [6.07, 6.45) is 0.938. The lowest BCUT2D eigenvalue weighted by molar-refractivity contribution is 0.124. The van der Waals surface area contributed by atoms with Crippen LogP contribution >= 0.6 is 0 Å². The largest absolute Gasteiger partial charge is 0.453 e. The van der Waals surface area contributed by atoms with Crippen LogP contribution in [0.4, 0.5) is 10.5 Å². The van der Waals surface area contributed by atoms with Crippen molar-refractivity contribution in [3.05, 3.63) is 29.8 Å². The second-order valence-corrected chi connectivity index (χ2v) is 7.64. The number of rotatable bonds is 4. The Morgan fingerprint density at radius 2 is 1.80 bits per heavy atom. The highest BCUT2D eigenvalue weighted by atomic mass is 16.5. The number of carbonyl (C=O) groups excluding carboxylic acids is 1. The second-order valence-electron chi connectivity index (χ2n) is 7.64. The molecule has 0 N–H and O–H groups in total. The first-order valence-corrected chi connectivity index (χ1v) is 9.59. The summed E-state index contributed by atoms with van der Waals surface area (Å²) in [5, 5.41) is 0. The smallest absolute Gasteiger partial charge is 0.409 e. The van der Waals surface area contributed by atoms with Gasteiger partial charge in [-0.15, -0.1) is 0 Å². The van der Waals surface area contributed by atoms with E-state index in [1.807, 2.05) is 4.90 Å². The number of para-hydroxylation sites is 1. The minimum atomic E-state index is -0.158. The third-order valence-electron chi connectivity index (χ3n) is 6.36. The highest BCUT2D eigenvalue weighted by Gasteiger charge is 2.57. The molecule has 4 rings (SSSR count). The van der Waals surface area contributed by atoms with Gasteiger partial charge in [-0.25, -0.2) is 4.79 Å². The summed E-state index contributed by atoms with van der Waals surface area (Å²) in [6, 6.07) is 8.81. The van der Waals surface area contributed by atoms with Crippen LogP contribution in [0.2, 0.25) is 0 Å². The van der Waals surface area contributed by atoms with Gasteiger partial charge in [0.2, 0.25) is 0 Å². The maximum absolute atomic E-state index is 11.6. The summed E-state index contributed by atoms with van der Waals surface area (Å²) in [6.45, 7) is 9.76. The fraction of sp³-hybridized carbons (Fsp3) is 0.650. The van der Waals surface area contributed by atoms with Crippen molar-refractivity contribution in [1.82, 2.24) is 9.80 Å². The molecule has 1 saturated carbocycles.